The third kappa shape index (κ3) is 1.62. The maximum atomic E-state index is 4.14. The molecule has 0 saturated carbocycles. The third-order valence-electron chi connectivity index (χ3n) is 1.82. The average molecular weight is 238 g/mol. The normalized spacial score (nSPS) is 10.3. The standard InChI is InChI=1S/C9H8BrN3/c1-7-11-4-5-13(7)8-2-3-9(10)12-6-8/h2-6H,1H3. The Bertz CT molecular complexity index is 405. The number of hydrogen-bond acceptors (Lipinski definition) is 2. The van der Waals surface area contributed by atoms with Crippen LogP contribution in [0.2, 0.25) is 0 Å². The van der Waals surface area contributed by atoms with Crippen molar-refractivity contribution in [1.29, 1.82) is 0 Å². The highest BCUT2D eigenvalue weighted by Gasteiger charge is 1.99. The Hall–Kier alpha value is -1.16. The van der Waals surface area contributed by atoms with Gasteiger partial charge in [0.15, 0.2) is 0 Å². The highest BCUT2D eigenvalue weighted by atomic mass is 79.9. The molecule has 0 aliphatic rings. The second-order valence-corrected chi connectivity index (χ2v) is 3.50. The van der Waals surface area contributed by atoms with Gasteiger partial charge in [-0.15, -0.1) is 0 Å². The van der Waals surface area contributed by atoms with Crippen molar-refractivity contribution in [2.45, 2.75) is 6.92 Å². The lowest BCUT2D eigenvalue weighted by atomic mass is 10.4. The topological polar surface area (TPSA) is 30.7 Å². The molecule has 3 nitrogen and oxygen atoms in total. The summed E-state index contributed by atoms with van der Waals surface area (Å²) in [6, 6.07) is 3.90. The number of imidazole rings is 1. The van der Waals surface area contributed by atoms with Crippen LogP contribution in [0.3, 0.4) is 0 Å². The van der Waals surface area contributed by atoms with E-state index < -0.39 is 0 Å². The van der Waals surface area contributed by atoms with E-state index in [-0.39, 0.29) is 0 Å². The zero-order chi connectivity index (χ0) is 9.26. The van der Waals surface area contributed by atoms with Crippen molar-refractivity contribution in [2.75, 3.05) is 0 Å². The molecule has 0 amide bonds. The molecule has 0 unspecified atom stereocenters. The van der Waals surface area contributed by atoms with Gasteiger partial charge in [-0.05, 0) is 35.0 Å². The fraction of sp³-hybridized carbons (Fsp3) is 0.111. The van der Waals surface area contributed by atoms with Crippen molar-refractivity contribution in [3.05, 3.63) is 41.2 Å². The van der Waals surface area contributed by atoms with Crippen LogP contribution in [0.1, 0.15) is 5.82 Å². The fourth-order valence-corrected chi connectivity index (χ4v) is 1.40. The van der Waals surface area contributed by atoms with Crippen molar-refractivity contribution in [3.8, 4) is 5.69 Å². The summed E-state index contributed by atoms with van der Waals surface area (Å²) in [5.74, 6) is 0.962. The minimum absolute atomic E-state index is 0.842. The minimum atomic E-state index is 0.842. The molecule has 4 heteroatoms. The predicted octanol–water partition coefficient (Wildman–Crippen LogP) is 2.34. The van der Waals surface area contributed by atoms with E-state index in [1.54, 1.807) is 12.4 Å². The SMILES string of the molecule is Cc1nccn1-c1ccc(Br)nc1. The first-order valence-corrected chi connectivity index (χ1v) is 4.68. The molecule has 2 aromatic heterocycles. The number of aryl methyl sites for hydroxylation is 1. The first-order valence-electron chi connectivity index (χ1n) is 3.89. The summed E-state index contributed by atoms with van der Waals surface area (Å²) >= 11 is 3.29. The second kappa shape index (κ2) is 3.30. The molecule has 0 spiro atoms. The van der Waals surface area contributed by atoms with Crippen molar-refractivity contribution in [2.24, 2.45) is 0 Å². The number of pyridine rings is 1. The van der Waals surface area contributed by atoms with E-state index in [0.29, 0.717) is 0 Å². The average Bonchev–Trinajstić information content (AvgIpc) is 2.53. The summed E-state index contributed by atoms with van der Waals surface area (Å²) in [6.45, 7) is 1.96. The number of rotatable bonds is 1. The summed E-state index contributed by atoms with van der Waals surface area (Å²) in [7, 11) is 0. The fourth-order valence-electron chi connectivity index (χ4n) is 1.16. The first-order chi connectivity index (χ1) is 6.27. The monoisotopic (exact) mass is 237 g/mol. The molecule has 0 saturated heterocycles. The summed E-state index contributed by atoms with van der Waals surface area (Å²) < 4.78 is 2.83. The molecule has 0 bridgehead atoms. The van der Waals surface area contributed by atoms with Gasteiger partial charge in [-0.3, -0.25) is 0 Å². The quantitative estimate of drug-likeness (QED) is 0.714. The number of hydrogen-bond donors (Lipinski definition) is 0. The highest BCUT2D eigenvalue weighted by molar-refractivity contribution is 9.10. The van der Waals surface area contributed by atoms with E-state index in [9.17, 15) is 0 Å². The van der Waals surface area contributed by atoms with E-state index in [2.05, 4.69) is 25.9 Å². The number of aromatic nitrogens is 3. The van der Waals surface area contributed by atoms with Crippen LogP contribution in [0.4, 0.5) is 0 Å². The van der Waals surface area contributed by atoms with Gasteiger partial charge in [0.05, 0.1) is 11.9 Å². The maximum Gasteiger partial charge on any atom is 0.110 e. The van der Waals surface area contributed by atoms with Crippen LogP contribution < -0.4 is 0 Å². The lowest BCUT2D eigenvalue weighted by Crippen LogP contribution is -1.95. The molecule has 2 aromatic rings. The first kappa shape index (κ1) is 8.44. The predicted molar refractivity (Wildman–Crippen MR) is 53.8 cm³/mol. The second-order valence-electron chi connectivity index (χ2n) is 2.68. The van der Waals surface area contributed by atoms with E-state index >= 15 is 0 Å². The number of halogens is 1. The summed E-state index contributed by atoms with van der Waals surface area (Å²) in [4.78, 5) is 8.28. The van der Waals surface area contributed by atoms with Gasteiger partial charge in [-0.25, -0.2) is 9.97 Å². The Balaban J connectivity index is 2.47. The van der Waals surface area contributed by atoms with Gasteiger partial charge in [0, 0.05) is 12.4 Å². The molecule has 0 N–H and O–H groups in total. The molecule has 0 aliphatic heterocycles. The Labute approximate surface area is 84.6 Å². The molecular weight excluding hydrogens is 230 g/mol. The van der Waals surface area contributed by atoms with Crippen molar-refractivity contribution < 1.29 is 0 Å². The highest BCUT2D eigenvalue weighted by Crippen LogP contribution is 2.11. The Morgan fingerprint density at radius 1 is 1.31 bits per heavy atom. The van der Waals surface area contributed by atoms with Crippen molar-refractivity contribution >= 4 is 15.9 Å². The largest absolute Gasteiger partial charge is 0.302 e. The molecule has 0 radical (unpaired) electrons. The lowest BCUT2D eigenvalue weighted by molar-refractivity contribution is 0.963. The van der Waals surface area contributed by atoms with Crippen molar-refractivity contribution in [3.63, 3.8) is 0 Å². The molecule has 0 aromatic carbocycles. The van der Waals surface area contributed by atoms with E-state index in [4.69, 9.17) is 0 Å². The van der Waals surface area contributed by atoms with Crippen LogP contribution in [0.25, 0.3) is 5.69 Å². The van der Waals surface area contributed by atoms with Gasteiger partial charge in [0.25, 0.3) is 0 Å². The Morgan fingerprint density at radius 3 is 2.69 bits per heavy atom. The molecule has 66 valence electrons. The molecule has 0 fully saturated rings. The molecule has 2 rings (SSSR count). The maximum absolute atomic E-state index is 4.14. The Kier molecular flexibility index (Phi) is 2.14. The van der Waals surface area contributed by atoms with Gasteiger partial charge < -0.3 is 4.57 Å². The zero-order valence-corrected chi connectivity index (χ0v) is 8.69. The van der Waals surface area contributed by atoms with Crippen LogP contribution in [0.5, 0.6) is 0 Å². The van der Waals surface area contributed by atoms with Crippen LogP contribution in [0.15, 0.2) is 35.3 Å². The molecule has 0 aliphatic carbocycles. The van der Waals surface area contributed by atoms with Crippen molar-refractivity contribution in [1.82, 2.24) is 14.5 Å². The van der Waals surface area contributed by atoms with E-state index in [1.807, 2.05) is 29.8 Å². The lowest BCUT2D eigenvalue weighted by Gasteiger charge is -2.03. The Morgan fingerprint density at radius 2 is 2.15 bits per heavy atom. The minimum Gasteiger partial charge on any atom is -0.302 e. The van der Waals surface area contributed by atoms with Crippen LogP contribution in [-0.4, -0.2) is 14.5 Å². The number of nitrogens with zero attached hydrogens (tertiary/aromatic N) is 3. The van der Waals surface area contributed by atoms with Gasteiger partial charge in [0.2, 0.25) is 0 Å². The van der Waals surface area contributed by atoms with E-state index in [1.165, 1.54) is 0 Å². The van der Waals surface area contributed by atoms with Gasteiger partial charge in [0.1, 0.15) is 10.4 Å². The van der Waals surface area contributed by atoms with Crippen LogP contribution >= 0.6 is 15.9 Å². The smallest absolute Gasteiger partial charge is 0.110 e. The van der Waals surface area contributed by atoms with Crippen LogP contribution in [-0.2, 0) is 0 Å². The van der Waals surface area contributed by atoms with Gasteiger partial charge >= 0.3 is 0 Å². The molecular formula is C9H8BrN3. The van der Waals surface area contributed by atoms with Gasteiger partial charge in [-0.2, -0.15) is 0 Å². The van der Waals surface area contributed by atoms with E-state index in [0.717, 1.165) is 16.1 Å². The summed E-state index contributed by atoms with van der Waals surface area (Å²) in [5, 5.41) is 0. The van der Waals surface area contributed by atoms with Gasteiger partial charge in [-0.1, -0.05) is 0 Å². The summed E-state index contributed by atoms with van der Waals surface area (Å²) in [5.41, 5.74) is 1.03. The molecule has 2 heterocycles. The summed E-state index contributed by atoms with van der Waals surface area (Å²) in [6.07, 6.45) is 5.50. The third-order valence-corrected chi connectivity index (χ3v) is 2.28. The molecule has 13 heavy (non-hydrogen) atoms. The van der Waals surface area contributed by atoms with Crippen LogP contribution in [0, 0.1) is 6.92 Å². The zero-order valence-electron chi connectivity index (χ0n) is 7.11. The molecule has 0 atom stereocenters.